The van der Waals surface area contributed by atoms with Gasteiger partial charge in [0, 0.05) is 12.6 Å². The summed E-state index contributed by atoms with van der Waals surface area (Å²) in [7, 11) is 0. The van der Waals surface area contributed by atoms with Crippen molar-refractivity contribution in [1.29, 1.82) is 0 Å². The molecule has 0 aliphatic carbocycles. The zero-order chi connectivity index (χ0) is 13.9. The van der Waals surface area contributed by atoms with Crippen LogP contribution in [0.5, 0.6) is 5.75 Å². The molecule has 1 saturated heterocycles. The Morgan fingerprint density at radius 1 is 1.30 bits per heavy atom. The molecule has 0 saturated carbocycles. The highest BCUT2D eigenvalue weighted by atomic mass is 16.5. The van der Waals surface area contributed by atoms with Gasteiger partial charge in [0.15, 0.2) is 0 Å². The molecule has 2 aliphatic rings. The van der Waals surface area contributed by atoms with Gasteiger partial charge in [-0.1, -0.05) is 25.1 Å². The topological polar surface area (TPSA) is 56.5 Å². The predicted octanol–water partition coefficient (Wildman–Crippen LogP) is 2.20. The fraction of sp³-hybridized carbons (Fsp3) is 0.625. The predicted molar refractivity (Wildman–Crippen MR) is 78.5 cm³/mol. The van der Waals surface area contributed by atoms with Crippen molar-refractivity contribution in [1.82, 2.24) is 5.43 Å². The molecule has 3 N–H and O–H groups in total. The van der Waals surface area contributed by atoms with E-state index in [1.165, 1.54) is 5.56 Å². The molecule has 110 valence electrons. The zero-order valence-corrected chi connectivity index (χ0v) is 12.0. The normalized spacial score (nSPS) is 30.6. The van der Waals surface area contributed by atoms with Gasteiger partial charge in [-0.2, -0.15) is 0 Å². The summed E-state index contributed by atoms with van der Waals surface area (Å²) in [5, 5.41) is 0. The van der Waals surface area contributed by atoms with Crippen LogP contribution in [-0.4, -0.2) is 25.4 Å². The van der Waals surface area contributed by atoms with Crippen LogP contribution in [0.3, 0.4) is 0 Å². The number of hydrogen-bond donors (Lipinski definition) is 2. The maximum Gasteiger partial charge on any atom is 0.122 e. The van der Waals surface area contributed by atoms with Crippen molar-refractivity contribution in [3.63, 3.8) is 0 Å². The second-order valence-corrected chi connectivity index (χ2v) is 5.98. The molecule has 0 spiro atoms. The number of ether oxygens (including phenoxy) is 2. The molecule has 0 radical (unpaired) electrons. The van der Waals surface area contributed by atoms with Crippen LogP contribution in [0.15, 0.2) is 24.3 Å². The maximum atomic E-state index is 5.87. The third-order valence-electron chi connectivity index (χ3n) is 4.68. The molecule has 4 heteroatoms. The molecule has 1 aromatic rings. The van der Waals surface area contributed by atoms with E-state index in [9.17, 15) is 0 Å². The van der Waals surface area contributed by atoms with E-state index in [0.29, 0.717) is 11.8 Å². The van der Waals surface area contributed by atoms with Gasteiger partial charge in [-0.3, -0.25) is 11.3 Å². The highest BCUT2D eigenvalue weighted by Gasteiger charge is 2.34. The first-order valence-electron chi connectivity index (χ1n) is 7.59. The van der Waals surface area contributed by atoms with Crippen LogP contribution >= 0.6 is 0 Å². The largest absolute Gasteiger partial charge is 0.493 e. The van der Waals surface area contributed by atoms with Gasteiger partial charge in [0.2, 0.25) is 0 Å². The lowest BCUT2D eigenvalue weighted by atomic mass is 9.84. The van der Waals surface area contributed by atoms with Crippen LogP contribution in [0.1, 0.15) is 37.7 Å². The van der Waals surface area contributed by atoms with Crippen molar-refractivity contribution in [2.45, 2.75) is 44.2 Å². The summed E-state index contributed by atoms with van der Waals surface area (Å²) in [5.74, 6) is 7.89. The van der Waals surface area contributed by atoms with Gasteiger partial charge in [-0.15, -0.1) is 0 Å². The zero-order valence-electron chi connectivity index (χ0n) is 12.0. The molecular weight excluding hydrogens is 252 g/mol. The number of hydrazine groups is 1. The smallest absolute Gasteiger partial charge is 0.122 e. The van der Waals surface area contributed by atoms with Crippen LogP contribution in [-0.2, 0) is 4.74 Å². The first kappa shape index (κ1) is 13.9. The molecule has 1 aromatic carbocycles. The minimum Gasteiger partial charge on any atom is -0.493 e. The first-order chi connectivity index (χ1) is 9.79. The van der Waals surface area contributed by atoms with Crippen molar-refractivity contribution in [3.05, 3.63) is 29.8 Å². The number of fused-ring (bicyclic) bond motifs is 1. The molecule has 0 bridgehead atoms. The van der Waals surface area contributed by atoms with Gasteiger partial charge in [0.25, 0.3) is 0 Å². The minimum atomic E-state index is 0.212. The highest BCUT2D eigenvalue weighted by molar-refractivity contribution is 5.37. The van der Waals surface area contributed by atoms with Crippen molar-refractivity contribution in [2.75, 3.05) is 13.2 Å². The second kappa shape index (κ2) is 6.12. The Hall–Kier alpha value is -1.10. The third-order valence-corrected chi connectivity index (χ3v) is 4.68. The van der Waals surface area contributed by atoms with Crippen LogP contribution in [0.25, 0.3) is 0 Å². The maximum absolute atomic E-state index is 5.87. The number of nitrogens with two attached hydrogens (primary N) is 1. The summed E-state index contributed by atoms with van der Waals surface area (Å²) >= 11 is 0. The Morgan fingerprint density at radius 3 is 2.90 bits per heavy atom. The van der Waals surface area contributed by atoms with Gasteiger partial charge in [0.1, 0.15) is 5.75 Å². The quantitative estimate of drug-likeness (QED) is 0.654. The van der Waals surface area contributed by atoms with Gasteiger partial charge < -0.3 is 9.47 Å². The lowest BCUT2D eigenvalue weighted by molar-refractivity contribution is 0.0542. The number of nitrogens with one attached hydrogen (secondary N) is 1. The minimum absolute atomic E-state index is 0.212. The summed E-state index contributed by atoms with van der Waals surface area (Å²) in [6.07, 6.45) is 3.42. The lowest BCUT2D eigenvalue weighted by Crippen LogP contribution is -2.47. The second-order valence-electron chi connectivity index (χ2n) is 5.98. The molecule has 0 aromatic heterocycles. The lowest BCUT2D eigenvalue weighted by Gasteiger charge is -2.32. The van der Waals surface area contributed by atoms with Crippen molar-refractivity contribution >= 4 is 0 Å². The van der Waals surface area contributed by atoms with E-state index in [2.05, 4.69) is 30.5 Å². The first-order valence-corrected chi connectivity index (χ1v) is 7.59. The fourth-order valence-corrected chi connectivity index (χ4v) is 3.50. The van der Waals surface area contributed by atoms with Crippen LogP contribution < -0.4 is 16.0 Å². The van der Waals surface area contributed by atoms with Gasteiger partial charge in [-0.05, 0) is 42.7 Å². The summed E-state index contributed by atoms with van der Waals surface area (Å²) in [6.45, 7) is 3.90. The Kier molecular flexibility index (Phi) is 4.24. The fourth-order valence-electron chi connectivity index (χ4n) is 3.50. The van der Waals surface area contributed by atoms with Gasteiger partial charge in [-0.25, -0.2) is 0 Å². The van der Waals surface area contributed by atoms with E-state index < -0.39 is 0 Å². The average molecular weight is 276 g/mol. The van der Waals surface area contributed by atoms with E-state index in [1.807, 2.05) is 6.07 Å². The Morgan fingerprint density at radius 2 is 2.15 bits per heavy atom. The number of para-hydroxylation sites is 1. The van der Waals surface area contributed by atoms with Crippen molar-refractivity contribution < 1.29 is 9.47 Å². The third kappa shape index (κ3) is 2.68. The molecule has 4 nitrogen and oxygen atoms in total. The van der Waals surface area contributed by atoms with E-state index in [1.54, 1.807) is 0 Å². The summed E-state index contributed by atoms with van der Waals surface area (Å²) in [4.78, 5) is 0. The molecule has 2 aliphatic heterocycles. The van der Waals surface area contributed by atoms with Crippen LogP contribution in [0.4, 0.5) is 0 Å². The van der Waals surface area contributed by atoms with E-state index >= 15 is 0 Å². The number of hydrogen-bond acceptors (Lipinski definition) is 4. The molecule has 20 heavy (non-hydrogen) atoms. The van der Waals surface area contributed by atoms with Gasteiger partial charge >= 0.3 is 0 Å². The molecule has 4 atom stereocenters. The van der Waals surface area contributed by atoms with Gasteiger partial charge in [0.05, 0.1) is 12.7 Å². The number of rotatable bonds is 4. The molecule has 3 rings (SSSR count). The van der Waals surface area contributed by atoms with Crippen LogP contribution in [0.2, 0.25) is 0 Å². The number of benzene rings is 1. The standard InChI is InChI=1S/C16H24N2O2/c1-11-6-8-20-16(11)14(18-17)10-12-7-9-19-15-5-3-2-4-13(12)15/h2-5,11-12,14,16,18H,6-10,17H2,1H3. The Labute approximate surface area is 120 Å². The average Bonchev–Trinajstić information content (AvgIpc) is 2.91. The summed E-state index contributed by atoms with van der Waals surface area (Å²) < 4.78 is 11.6. The van der Waals surface area contributed by atoms with E-state index in [-0.39, 0.29) is 12.1 Å². The van der Waals surface area contributed by atoms with Crippen molar-refractivity contribution in [3.8, 4) is 5.75 Å². The molecule has 0 amide bonds. The highest BCUT2D eigenvalue weighted by Crippen LogP contribution is 2.37. The SMILES string of the molecule is CC1CCOC1C(CC1CCOc2ccccc21)NN. The summed E-state index contributed by atoms with van der Waals surface area (Å²) in [6, 6.07) is 8.55. The summed E-state index contributed by atoms with van der Waals surface area (Å²) in [5.41, 5.74) is 4.30. The Bertz CT molecular complexity index is 452. The Balaban J connectivity index is 1.73. The molecule has 2 heterocycles. The van der Waals surface area contributed by atoms with Crippen molar-refractivity contribution in [2.24, 2.45) is 11.8 Å². The van der Waals surface area contributed by atoms with Crippen LogP contribution in [0, 0.1) is 5.92 Å². The molecular formula is C16H24N2O2. The molecule has 1 fully saturated rings. The van der Waals surface area contributed by atoms with E-state index in [0.717, 1.165) is 38.2 Å². The van der Waals surface area contributed by atoms with E-state index in [4.69, 9.17) is 15.3 Å². The monoisotopic (exact) mass is 276 g/mol. The molecule has 4 unspecified atom stereocenters.